The van der Waals surface area contributed by atoms with Crippen LogP contribution in [-0.2, 0) is 11.3 Å². The highest BCUT2D eigenvalue weighted by molar-refractivity contribution is 7.10. The minimum Gasteiger partial charge on any atom is -0.481 e. The summed E-state index contributed by atoms with van der Waals surface area (Å²) in [7, 11) is 0. The first kappa shape index (κ1) is 13.7. The molecule has 8 heteroatoms. The van der Waals surface area contributed by atoms with E-state index in [0.717, 1.165) is 38.4 Å². The van der Waals surface area contributed by atoms with Crippen LogP contribution >= 0.6 is 23.1 Å². The Hall–Kier alpha value is -0.760. The van der Waals surface area contributed by atoms with Crippen LogP contribution in [0.1, 0.15) is 12.1 Å². The summed E-state index contributed by atoms with van der Waals surface area (Å²) in [5.41, 5.74) is 0.834. The molecule has 0 atom stereocenters. The van der Waals surface area contributed by atoms with Crippen molar-refractivity contribution in [1.82, 2.24) is 19.4 Å². The van der Waals surface area contributed by atoms with Gasteiger partial charge in [0.05, 0.1) is 6.42 Å². The predicted octanol–water partition coefficient (Wildman–Crippen LogP) is 0.784. The molecular formula is C10H15ClN4O2S. The van der Waals surface area contributed by atoms with Crippen LogP contribution in [0.15, 0.2) is 0 Å². The molecule has 1 fully saturated rings. The first-order valence-corrected chi connectivity index (χ1v) is 6.93. The zero-order valence-electron chi connectivity index (χ0n) is 9.88. The third kappa shape index (κ3) is 3.88. The van der Waals surface area contributed by atoms with E-state index in [9.17, 15) is 4.79 Å². The van der Waals surface area contributed by atoms with Gasteiger partial charge in [-0.1, -0.05) is 16.1 Å². The van der Waals surface area contributed by atoms with Crippen molar-refractivity contribution in [2.75, 3.05) is 32.7 Å². The second kappa shape index (κ2) is 6.42. The Balaban J connectivity index is 1.73. The van der Waals surface area contributed by atoms with Crippen LogP contribution < -0.4 is 0 Å². The zero-order valence-corrected chi connectivity index (χ0v) is 11.5. The van der Waals surface area contributed by atoms with Crippen molar-refractivity contribution < 1.29 is 9.90 Å². The van der Waals surface area contributed by atoms with E-state index in [0.29, 0.717) is 10.9 Å². The Bertz CT molecular complexity index is 406. The Morgan fingerprint density at radius 3 is 2.56 bits per heavy atom. The first-order valence-electron chi connectivity index (χ1n) is 5.78. The van der Waals surface area contributed by atoms with Crippen molar-refractivity contribution in [1.29, 1.82) is 0 Å². The summed E-state index contributed by atoms with van der Waals surface area (Å²) in [6.07, 6.45) is 0.210. The van der Waals surface area contributed by atoms with E-state index in [4.69, 9.17) is 16.7 Å². The van der Waals surface area contributed by atoms with Gasteiger partial charge in [-0.25, -0.2) is 0 Å². The van der Waals surface area contributed by atoms with Gasteiger partial charge < -0.3 is 10.0 Å². The molecule has 1 aliphatic heterocycles. The standard InChI is InChI=1S/C10H15ClN4O2S/c11-10-8(12-13-18-10)7-15-5-3-14(4-6-15)2-1-9(16)17/h1-7H2,(H,16,17). The molecule has 6 nitrogen and oxygen atoms in total. The van der Waals surface area contributed by atoms with E-state index < -0.39 is 5.97 Å². The van der Waals surface area contributed by atoms with E-state index in [1.54, 1.807) is 0 Å². The molecule has 2 rings (SSSR count). The number of aliphatic carboxylic acids is 1. The molecule has 1 N–H and O–H groups in total. The molecule has 0 amide bonds. The van der Waals surface area contributed by atoms with Gasteiger partial charge in [-0.2, -0.15) is 0 Å². The summed E-state index contributed by atoms with van der Waals surface area (Å²) in [4.78, 5) is 14.9. The smallest absolute Gasteiger partial charge is 0.304 e. The molecule has 18 heavy (non-hydrogen) atoms. The molecule has 0 aromatic carbocycles. The van der Waals surface area contributed by atoms with Crippen LogP contribution in [-0.4, -0.2) is 63.2 Å². The zero-order chi connectivity index (χ0) is 13.0. The van der Waals surface area contributed by atoms with Crippen LogP contribution in [0.4, 0.5) is 0 Å². The van der Waals surface area contributed by atoms with Crippen molar-refractivity contribution in [3.8, 4) is 0 Å². The highest BCUT2D eigenvalue weighted by atomic mass is 35.5. The van der Waals surface area contributed by atoms with E-state index in [2.05, 4.69) is 19.4 Å². The summed E-state index contributed by atoms with van der Waals surface area (Å²) >= 11 is 7.17. The van der Waals surface area contributed by atoms with Gasteiger partial charge in [-0.3, -0.25) is 9.69 Å². The third-order valence-electron chi connectivity index (χ3n) is 2.99. The molecule has 1 aromatic heterocycles. The van der Waals surface area contributed by atoms with Gasteiger partial charge in [0.1, 0.15) is 10.0 Å². The molecule has 2 heterocycles. The number of carbonyl (C=O) groups is 1. The average Bonchev–Trinajstić information content (AvgIpc) is 2.74. The van der Waals surface area contributed by atoms with Crippen molar-refractivity contribution in [2.24, 2.45) is 0 Å². The Labute approximate surface area is 114 Å². The Morgan fingerprint density at radius 1 is 1.33 bits per heavy atom. The highest BCUT2D eigenvalue weighted by Crippen LogP contribution is 2.19. The SMILES string of the molecule is O=C(O)CCN1CCN(Cc2nnsc2Cl)CC1. The molecule has 0 aliphatic carbocycles. The maximum Gasteiger partial charge on any atom is 0.304 e. The van der Waals surface area contributed by atoms with Crippen molar-refractivity contribution >= 4 is 29.1 Å². The normalized spacial score (nSPS) is 18.1. The summed E-state index contributed by atoms with van der Waals surface area (Å²) in [6, 6.07) is 0. The Kier molecular flexibility index (Phi) is 4.87. The molecule has 1 aliphatic rings. The molecule has 0 unspecified atom stereocenters. The lowest BCUT2D eigenvalue weighted by Crippen LogP contribution is -2.46. The second-order valence-corrected chi connectivity index (χ2v) is 5.61. The topological polar surface area (TPSA) is 69.6 Å². The fourth-order valence-corrected chi connectivity index (χ4v) is 2.54. The van der Waals surface area contributed by atoms with Crippen molar-refractivity contribution in [2.45, 2.75) is 13.0 Å². The molecule has 100 valence electrons. The quantitative estimate of drug-likeness (QED) is 0.864. The summed E-state index contributed by atoms with van der Waals surface area (Å²) in [5.74, 6) is -0.738. The molecule has 0 spiro atoms. The van der Waals surface area contributed by atoms with Gasteiger partial charge in [-0.05, 0) is 0 Å². The van der Waals surface area contributed by atoms with Gasteiger partial charge in [0.15, 0.2) is 0 Å². The van der Waals surface area contributed by atoms with Gasteiger partial charge in [0.25, 0.3) is 0 Å². The van der Waals surface area contributed by atoms with E-state index in [-0.39, 0.29) is 6.42 Å². The van der Waals surface area contributed by atoms with Crippen molar-refractivity contribution in [3.63, 3.8) is 0 Å². The van der Waals surface area contributed by atoms with E-state index in [1.807, 2.05) is 0 Å². The van der Waals surface area contributed by atoms with Crippen LogP contribution in [0.2, 0.25) is 4.34 Å². The summed E-state index contributed by atoms with van der Waals surface area (Å²) < 4.78 is 4.46. The maximum absolute atomic E-state index is 10.5. The number of piperazine rings is 1. The van der Waals surface area contributed by atoms with E-state index in [1.165, 1.54) is 11.5 Å². The number of carboxylic acids is 1. The molecular weight excluding hydrogens is 276 g/mol. The fraction of sp³-hybridized carbons (Fsp3) is 0.700. The number of hydrogen-bond acceptors (Lipinski definition) is 6. The lowest BCUT2D eigenvalue weighted by Gasteiger charge is -2.33. The van der Waals surface area contributed by atoms with Gasteiger partial charge in [-0.15, -0.1) is 5.10 Å². The van der Waals surface area contributed by atoms with Crippen LogP contribution in [0.5, 0.6) is 0 Å². The summed E-state index contributed by atoms with van der Waals surface area (Å²) in [6.45, 7) is 4.95. The minimum absolute atomic E-state index is 0.210. The monoisotopic (exact) mass is 290 g/mol. The second-order valence-electron chi connectivity index (χ2n) is 4.25. The number of halogens is 1. The molecule has 0 bridgehead atoms. The van der Waals surface area contributed by atoms with Crippen LogP contribution in [0.3, 0.4) is 0 Å². The molecule has 1 aromatic rings. The van der Waals surface area contributed by atoms with Gasteiger partial charge in [0.2, 0.25) is 0 Å². The minimum atomic E-state index is -0.738. The third-order valence-corrected chi connectivity index (χ3v) is 3.97. The number of rotatable bonds is 5. The molecule has 0 saturated carbocycles. The lowest BCUT2D eigenvalue weighted by atomic mass is 10.2. The number of aromatic nitrogens is 2. The highest BCUT2D eigenvalue weighted by Gasteiger charge is 2.19. The number of hydrogen-bond donors (Lipinski definition) is 1. The van der Waals surface area contributed by atoms with E-state index >= 15 is 0 Å². The van der Waals surface area contributed by atoms with Gasteiger partial charge in [0, 0.05) is 50.8 Å². The van der Waals surface area contributed by atoms with Crippen LogP contribution in [0, 0.1) is 0 Å². The predicted molar refractivity (Wildman–Crippen MR) is 68.9 cm³/mol. The molecule has 0 radical (unpaired) electrons. The maximum atomic E-state index is 10.5. The Morgan fingerprint density at radius 2 is 2.00 bits per heavy atom. The van der Waals surface area contributed by atoms with Crippen molar-refractivity contribution in [3.05, 3.63) is 10.0 Å². The molecule has 1 saturated heterocycles. The van der Waals surface area contributed by atoms with Gasteiger partial charge >= 0.3 is 5.97 Å². The van der Waals surface area contributed by atoms with Crippen LogP contribution in [0.25, 0.3) is 0 Å². The number of nitrogens with zero attached hydrogens (tertiary/aromatic N) is 4. The first-order chi connectivity index (χ1) is 8.65. The number of carboxylic acid groups (broad SMARTS) is 1. The average molecular weight is 291 g/mol. The summed E-state index contributed by atoms with van der Waals surface area (Å²) in [5, 5.41) is 12.6. The largest absolute Gasteiger partial charge is 0.481 e. The lowest BCUT2D eigenvalue weighted by molar-refractivity contribution is -0.137. The fourth-order valence-electron chi connectivity index (χ4n) is 1.93.